The van der Waals surface area contributed by atoms with Gasteiger partial charge in [0.2, 0.25) is 11.1 Å². The number of fused-ring (bicyclic) bond motifs is 1. The number of rotatable bonds is 8. The zero-order valence-corrected chi connectivity index (χ0v) is 20.9. The van der Waals surface area contributed by atoms with Gasteiger partial charge in [0, 0.05) is 32.6 Å². The van der Waals surface area contributed by atoms with Gasteiger partial charge in [-0.15, -0.1) is 5.10 Å². The van der Waals surface area contributed by atoms with Crippen LogP contribution in [0.1, 0.15) is 44.4 Å². The molecule has 0 bridgehead atoms. The molecule has 0 fully saturated rings. The van der Waals surface area contributed by atoms with E-state index in [1.54, 1.807) is 41.6 Å². The Morgan fingerprint density at radius 2 is 1.88 bits per heavy atom. The topological polar surface area (TPSA) is 69.0 Å². The molecule has 9 heteroatoms. The summed E-state index contributed by atoms with van der Waals surface area (Å²) in [5.74, 6) is 2.23. The van der Waals surface area contributed by atoms with Crippen LogP contribution >= 0.6 is 35.0 Å². The molecule has 1 aliphatic rings. The number of ether oxygens (including phenoxy) is 1. The van der Waals surface area contributed by atoms with Gasteiger partial charge in [-0.3, -0.25) is 4.79 Å². The smallest absolute Gasteiger partial charge is 0.227 e. The standard InChI is InChI=1S/C24H24Cl2N4O2S/c1-4-12-33-24-28-23-27-14(2)21(15(3)31)22(30(23)29-24)16-8-10-17(11-9-16)32-13-18-19(25)6-5-7-20(18)26/h5-11,22H,4,12-13H2,1-3H3,(H,27,28,29). The number of allylic oxidation sites excluding steroid dienone is 2. The molecule has 0 amide bonds. The normalized spacial score (nSPS) is 15.2. The van der Waals surface area contributed by atoms with Crippen LogP contribution in [0.2, 0.25) is 10.0 Å². The summed E-state index contributed by atoms with van der Waals surface area (Å²) in [6.45, 7) is 5.85. The van der Waals surface area contributed by atoms with E-state index >= 15 is 0 Å². The van der Waals surface area contributed by atoms with Gasteiger partial charge >= 0.3 is 0 Å². The van der Waals surface area contributed by atoms with Crippen molar-refractivity contribution in [2.45, 2.75) is 45.0 Å². The summed E-state index contributed by atoms with van der Waals surface area (Å²) in [7, 11) is 0. The van der Waals surface area contributed by atoms with Crippen molar-refractivity contribution in [3.63, 3.8) is 0 Å². The molecule has 33 heavy (non-hydrogen) atoms. The number of carbonyl (C=O) groups is 1. The SMILES string of the molecule is CCCSc1nc2n(n1)C(c1ccc(OCc3c(Cl)cccc3Cl)cc1)C(C(C)=O)=C(C)N2. The van der Waals surface area contributed by atoms with Gasteiger partial charge in [-0.25, -0.2) is 4.68 Å². The van der Waals surface area contributed by atoms with Crippen LogP contribution in [0.4, 0.5) is 5.95 Å². The number of benzene rings is 2. The molecule has 1 N–H and O–H groups in total. The predicted octanol–water partition coefficient (Wildman–Crippen LogP) is 6.54. The highest BCUT2D eigenvalue weighted by atomic mass is 35.5. The Morgan fingerprint density at radius 3 is 2.52 bits per heavy atom. The summed E-state index contributed by atoms with van der Waals surface area (Å²) in [6, 6.07) is 12.6. The Labute approximate surface area is 207 Å². The summed E-state index contributed by atoms with van der Waals surface area (Å²) in [5.41, 5.74) is 3.11. The van der Waals surface area contributed by atoms with E-state index < -0.39 is 0 Å². The first-order valence-corrected chi connectivity index (χ1v) is 12.4. The van der Waals surface area contributed by atoms with E-state index in [-0.39, 0.29) is 18.4 Å². The number of carbonyl (C=O) groups excluding carboxylic acids is 1. The fourth-order valence-electron chi connectivity index (χ4n) is 3.72. The minimum atomic E-state index is -0.366. The van der Waals surface area contributed by atoms with E-state index in [1.807, 2.05) is 31.2 Å². The molecule has 3 aromatic rings. The number of hydrogen-bond donors (Lipinski definition) is 1. The number of nitrogens with one attached hydrogen (secondary N) is 1. The van der Waals surface area contributed by atoms with E-state index in [1.165, 1.54) is 0 Å². The molecule has 172 valence electrons. The maximum atomic E-state index is 12.6. The molecule has 1 aliphatic heterocycles. The number of halogens is 2. The van der Waals surface area contributed by atoms with E-state index in [0.717, 1.165) is 29.0 Å². The Hall–Kier alpha value is -2.48. The largest absolute Gasteiger partial charge is 0.489 e. The van der Waals surface area contributed by atoms with Crippen molar-refractivity contribution in [1.29, 1.82) is 0 Å². The molecule has 0 saturated heterocycles. The van der Waals surface area contributed by atoms with Gasteiger partial charge in [-0.05, 0) is 50.1 Å². The molecule has 0 radical (unpaired) electrons. The molecule has 2 aromatic carbocycles. The van der Waals surface area contributed by atoms with Gasteiger partial charge in [-0.1, -0.05) is 60.1 Å². The highest BCUT2D eigenvalue weighted by molar-refractivity contribution is 7.99. The van der Waals surface area contributed by atoms with Gasteiger partial charge in [0.25, 0.3) is 0 Å². The van der Waals surface area contributed by atoms with E-state index in [4.69, 9.17) is 33.0 Å². The number of nitrogens with zero attached hydrogens (tertiary/aromatic N) is 3. The number of hydrogen-bond acceptors (Lipinski definition) is 6. The number of thioether (sulfide) groups is 1. The molecular weight excluding hydrogens is 479 g/mol. The van der Waals surface area contributed by atoms with Gasteiger partial charge in [0.1, 0.15) is 18.4 Å². The van der Waals surface area contributed by atoms with Crippen LogP contribution in [0.5, 0.6) is 5.75 Å². The molecule has 1 unspecified atom stereocenters. The maximum absolute atomic E-state index is 12.6. The first-order chi connectivity index (χ1) is 15.9. The number of ketones is 1. The second-order valence-electron chi connectivity index (χ2n) is 7.69. The van der Waals surface area contributed by atoms with Crippen molar-refractivity contribution < 1.29 is 9.53 Å². The molecule has 0 saturated carbocycles. The molecule has 1 aromatic heterocycles. The van der Waals surface area contributed by atoms with Crippen LogP contribution in [0.3, 0.4) is 0 Å². The Bertz CT molecular complexity index is 1190. The zero-order chi connectivity index (χ0) is 23.5. The third-order valence-electron chi connectivity index (χ3n) is 5.29. The van der Waals surface area contributed by atoms with Crippen LogP contribution in [-0.4, -0.2) is 26.3 Å². The number of anilines is 1. The summed E-state index contributed by atoms with van der Waals surface area (Å²) in [6.07, 6.45) is 1.03. The first kappa shape index (κ1) is 23.7. The van der Waals surface area contributed by atoms with Crippen molar-refractivity contribution >= 4 is 46.7 Å². The third-order valence-corrected chi connectivity index (χ3v) is 7.04. The Kier molecular flexibility index (Phi) is 7.32. The van der Waals surface area contributed by atoms with Crippen LogP contribution in [-0.2, 0) is 11.4 Å². The van der Waals surface area contributed by atoms with Crippen molar-refractivity contribution in [3.05, 3.63) is 74.9 Å². The second-order valence-corrected chi connectivity index (χ2v) is 9.57. The molecule has 0 spiro atoms. The average Bonchev–Trinajstić information content (AvgIpc) is 3.19. The van der Waals surface area contributed by atoms with E-state index in [2.05, 4.69) is 17.2 Å². The fraction of sp³-hybridized carbons (Fsp3) is 0.292. The Balaban J connectivity index is 1.61. The van der Waals surface area contributed by atoms with E-state index in [9.17, 15) is 4.79 Å². The second kappa shape index (κ2) is 10.2. The molecule has 6 nitrogen and oxygen atoms in total. The monoisotopic (exact) mass is 502 g/mol. The van der Waals surface area contributed by atoms with Crippen LogP contribution in [0.25, 0.3) is 0 Å². The summed E-state index contributed by atoms with van der Waals surface area (Å²) >= 11 is 14.1. The number of aromatic nitrogens is 3. The first-order valence-electron chi connectivity index (χ1n) is 10.6. The minimum Gasteiger partial charge on any atom is -0.489 e. The lowest BCUT2D eigenvalue weighted by Crippen LogP contribution is -2.27. The van der Waals surface area contributed by atoms with Gasteiger partial charge in [0.15, 0.2) is 5.78 Å². The zero-order valence-electron chi connectivity index (χ0n) is 18.6. The minimum absolute atomic E-state index is 0.0115. The molecule has 4 rings (SSSR count). The number of Topliss-reactive ketones (excluding diaryl/α,β-unsaturated/α-hetero) is 1. The van der Waals surface area contributed by atoms with Crippen LogP contribution in [0.15, 0.2) is 58.9 Å². The molecule has 0 aliphatic carbocycles. The highest BCUT2D eigenvalue weighted by Gasteiger charge is 2.32. The van der Waals surface area contributed by atoms with Crippen molar-refractivity contribution in [3.8, 4) is 5.75 Å². The Morgan fingerprint density at radius 1 is 1.18 bits per heavy atom. The van der Waals surface area contributed by atoms with Gasteiger partial charge in [0.05, 0.1) is 0 Å². The van der Waals surface area contributed by atoms with Crippen molar-refractivity contribution in [2.24, 2.45) is 0 Å². The third kappa shape index (κ3) is 5.05. The van der Waals surface area contributed by atoms with Gasteiger partial charge < -0.3 is 10.1 Å². The highest BCUT2D eigenvalue weighted by Crippen LogP contribution is 2.37. The van der Waals surface area contributed by atoms with Gasteiger partial charge in [-0.2, -0.15) is 4.98 Å². The van der Waals surface area contributed by atoms with E-state index in [0.29, 0.717) is 32.5 Å². The molecular formula is C24H24Cl2N4O2S. The summed E-state index contributed by atoms with van der Waals surface area (Å²) in [5, 5.41) is 9.75. The maximum Gasteiger partial charge on any atom is 0.227 e. The van der Waals surface area contributed by atoms with Crippen LogP contribution < -0.4 is 10.1 Å². The lowest BCUT2D eigenvalue weighted by Gasteiger charge is -2.28. The quantitative estimate of drug-likeness (QED) is 0.352. The summed E-state index contributed by atoms with van der Waals surface area (Å²) < 4.78 is 7.70. The van der Waals surface area contributed by atoms with Crippen molar-refractivity contribution in [2.75, 3.05) is 11.1 Å². The fourth-order valence-corrected chi connectivity index (χ4v) is 4.91. The summed E-state index contributed by atoms with van der Waals surface area (Å²) in [4.78, 5) is 17.2. The average molecular weight is 503 g/mol. The molecule has 2 heterocycles. The van der Waals surface area contributed by atoms with Crippen molar-refractivity contribution in [1.82, 2.24) is 14.8 Å². The lowest BCUT2D eigenvalue weighted by molar-refractivity contribution is -0.114. The predicted molar refractivity (Wildman–Crippen MR) is 133 cm³/mol. The molecule has 1 atom stereocenters. The van der Waals surface area contributed by atoms with Crippen LogP contribution in [0, 0.1) is 0 Å². The lowest BCUT2D eigenvalue weighted by atomic mass is 9.93.